The summed E-state index contributed by atoms with van der Waals surface area (Å²) in [5, 5.41) is 18.9. The van der Waals surface area contributed by atoms with Crippen LogP contribution in [0.4, 0.5) is 18.9 Å². The molecule has 6 nitrogen and oxygen atoms in total. The van der Waals surface area contributed by atoms with Crippen LogP contribution in [0.5, 0.6) is 0 Å². The van der Waals surface area contributed by atoms with Gasteiger partial charge in [0.25, 0.3) is 5.91 Å². The number of nitrogens with zero attached hydrogens (tertiary/aromatic N) is 3. The molecule has 0 saturated heterocycles. The Bertz CT molecular complexity index is 1420. The summed E-state index contributed by atoms with van der Waals surface area (Å²) in [7, 11) is 0. The van der Waals surface area contributed by atoms with E-state index in [1.807, 2.05) is 43.3 Å². The van der Waals surface area contributed by atoms with Gasteiger partial charge in [-0.05, 0) is 61.7 Å². The minimum atomic E-state index is -4.99. The van der Waals surface area contributed by atoms with Gasteiger partial charge in [-0.1, -0.05) is 43.3 Å². The highest BCUT2D eigenvalue weighted by molar-refractivity contribution is 5.96. The molecule has 0 aliphatic heterocycles. The van der Waals surface area contributed by atoms with Crippen LogP contribution in [0.3, 0.4) is 0 Å². The van der Waals surface area contributed by atoms with Gasteiger partial charge < -0.3 is 15.3 Å². The van der Waals surface area contributed by atoms with E-state index in [1.54, 1.807) is 55.1 Å². The van der Waals surface area contributed by atoms with Crippen LogP contribution in [0.25, 0.3) is 16.6 Å². The van der Waals surface area contributed by atoms with Gasteiger partial charge in [-0.25, -0.2) is 4.68 Å². The third-order valence-electron chi connectivity index (χ3n) is 6.54. The number of halogens is 3. The lowest BCUT2D eigenvalue weighted by Gasteiger charge is -2.36. The summed E-state index contributed by atoms with van der Waals surface area (Å²) < 4.78 is 44.7. The molecule has 0 fully saturated rings. The average Bonchev–Trinajstić information content (AvgIpc) is 3.30. The summed E-state index contributed by atoms with van der Waals surface area (Å²) in [5.41, 5.74) is 0.545. The Labute approximate surface area is 219 Å². The molecule has 38 heavy (non-hydrogen) atoms. The largest absolute Gasteiger partial charge is 0.420 e. The van der Waals surface area contributed by atoms with Gasteiger partial charge in [0.2, 0.25) is 0 Å². The van der Waals surface area contributed by atoms with Crippen molar-refractivity contribution in [2.45, 2.75) is 39.0 Å². The van der Waals surface area contributed by atoms with E-state index in [0.717, 1.165) is 21.7 Å². The van der Waals surface area contributed by atoms with Crippen molar-refractivity contribution < 1.29 is 23.1 Å². The van der Waals surface area contributed by atoms with Crippen molar-refractivity contribution in [1.82, 2.24) is 14.7 Å². The van der Waals surface area contributed by atoms with E-state index in [1.165, 1.54) is 0 Å². The number of amides is 1. The lowest BCUT2D eigenvalue weighted by Crippen LogP contribution is -2.58. The molecule has 1 unspecified atom stereocenters. The molecule has 1 atom stereocenters. The average molecular weight is 525 g/mol. The highest BCUT2D eigenvalue weighted by atomic mass is 19.4. The minimum absolute atomic E-state index is 0.0735. The normalized spacial score (nSPS) is 13.3. The zero-order valence-corrected chi connectivity index (χ0v) is 21.6. The molecule has 1 amide bonds. The Morgan fingerprint density at radius 1 is 1.05 bits per heavy atom. The zero-order chi connectivity index (χ0) is 27.5. The smallest absolute Gasteiger partial charge is 0.381 e. The third-order valence-corrected chi connectivity index (χ3v) is 6.54. The molecule has 200 valence electrons. The molecule has 1 aromatic heterocycles. The van der Waals surface area contributed by atoms with Crippen molar-refractivity contribution in [3.05, 3.63) is 89.6 Å². The molecule has 0 bridgehead atoms. The van der Waals surface area contributed by atoms with E-state index in [-0.39, 0.29) is 6.54 Å². The molecule has 0 spiro atoms. The maximum absolute atomic E-state index is 14.3. The van der Waals surface area contributed by atoms with Crippen LogP contribution in [-0.2, 0) is 0 Å². The summed E-state index contributed by atoms with van der Waals surface area (Å²) >= 11 is 0. The molecule has 0 aliphatic rings. The summed E-state index contributed by atoms with van der Waals surface area (Å²) in [5.74, 6) is -0.547. The van der Waals surface area contributed by atoms with E-state index in [0.29, 0.717) is 28.6 Å². The molecular weight excluding hydrogens is 493 g/mol. The number of aryl methyl sites for hydroxylation is 2. The highest BCUT2D eigenvalue weighted by Gasteiger charge is 2.55. The van der Waals surface area contributed by atoms with Gasteiger partial charge in [0.1, 0.15) is 0 Å². The van der Waals surface area contributed by atoms with Gasteiger partial charge >= 0.3 is 6.18 Å². The number of anilines is 1. The number of para-hydroxylation sites is 1. The van der Waals surface area contributed by atoms with Crippen LogP contribution < -0.4 is 5.32 Å². The number of alkyl halides is 3. The summed E-state index contributed by atoms with van der Waals surface area (Å²) in [6.45, 7) is 3.68. The highest BCUT2D eigenvalue weighted by Crippen LogP contribution is 2.34. The van der Waals surface area contributed by atoms with Crippen LogP contribution in [0, 0.1) is 13.8 Å². The van der Waals surface area contributed by atoms with Crippen molar-refractivity contribution in [1.29, 1.82) is 0 Å². The lowest BCUT2D eigenvalue weighted by atomic mass is 10.00. The lowest BCUT2D eigenvalue weighted by molar-refractivity contribution is -0.257. The summed E-state index contributed by atoms with van der Waals surface area (Å²) in [6, 6.07) is 19.8. The molecule has 0 aliphatic carbocycles. The van der Waals surface area contributed by atoms with E-state index in [4.69, 9.17) is 0 Å². The summed E-state index contributed by atoms with van der Waals surface area (Å²) in [4.78, 5) is 14.3. The Hall–Kier alpha value is -3.85. The number of benzene rings is 3. The molecule has 0 radical (unpaired) electrons. The van der Waals surface area contributed by atoms with Crippen molar-refractivity contribution in [2.75, 3.05) is 25.0 Å². The zero-order valence-electron chi connectivity index (χ0n) is 21.6. The minimum Gasteiger partial charge on any atom is -0.381 e. The second-order valence-electron chi connectivity index (χ2n) is 9.56. The van der Waals surface area contributed by atoms with Crippen molar-refractivity contribution in [3.8, 4) is 5.69 Å². The van der Waals surface area contributed by atoms with Gasteiger partial charge in [-0.3, -0.25) is 4.79 Å². The van der Waals surface area contributed by atoms with Crippen LogP contribution >= 0.6 is 0 Å². The Balaban J connectivity index is 1.64. The second kappa shape index (κ2) is 10.9. The predicted octanol–water partition coefficient (Wildman–Crippen LogP) is 5.90. The van der Waals surface area contributed by atoms with Gasteiger partial charge in [0, 0.05) is 23.2 Å². The van der Waals surface area contributed by atoms with Crippen molar-refractivity contribution in [2.24, 2.45) is 0 Å². The molecule has 0 saturated carbocycles. The molecular formula is C29H31F3N4O2. The van der Waals surface area contributed by atoms with Gasteiger partial charge in [0.15, 0.2) is 5.60 Å². The number of aliphatic hydroxyl groups is 1. The van der Waals surface area contributed by atoms with E-state index >= 15 is 0 Å². The fourth-order valence-electron chi connectivity index (χ4n) is 4.50. The maximum Gasteiger partial charge on any atom is 0.420 e. The number of carbonyl (C=O) groups excluding carboxylic acids is 1. The SMILES string of the molecule is CCCN(CC(O)(CNc1cc(C)cc2c1cnn2-c1ccccc1)C(F)(F)F)C(=O)c1ccccc1C. The maximum atomic E-state index is 14.3. The van der Waals surface area contributed by atoms with E-state index < -0.39 is 30.8 Å². The standard InChI is InChI=1S/C29H31F3N4O2/c1-4-14-35(27(37)23-13-9-8-10-21(23)3)19-28(38,29(30,31)32)18-33-25-15-20(2)16-26-24(25)17-34-36(26)22-11-6-5-7-12-22/h5-13,15-17,33,38H,4,14,18-19H2,1-3H3. The predicted molar refractivity (Wildman–Crippen MR) is 143 cm³/mol. The topological polar surface area (TPSA) is 70.4 Å². The molecule has 2 N–H and O–H groups in total. The first kappa shape index (κ1) is 27.2. The first-order chi connectivity index (χ1) is 18.0. The first-order valence-electron chi connectivity index (χ1n) is 12.5. The molecule has 3 aromatic carbocycles. The number of carbonyl (C=O) groups is 1. The Morgan fingerprint density at radius 3 is 2.39 bits per heavy atom. The fourth-order valence-corrected chi connectivity index (χ4v) is 4.50. The molecule has 1 heterocycles. The monoisotopic (exact) mass is 524 g/mol. The van der Waals surface area contributed by atoms with E-state index in [2.05, 4.69) is 10.4 Å². The van der Waals surface area contributed by atoms with Crippen LogP contribution in [0.15, 0.2) is 72.9 Å². The Kier molecular flexibility index (Phi) is 7.78. The van der Waals surface area contributed by atoms with Crippen molar-refractivity contribution in [3.63, 3.8) is 0 Å². The van der Waals surface area contributed by atoms with Crippen molar-refractivity contribution >= 4 is 22.5 Å². The number of nitrogens with one attached hydrogen (secondary N) is 1. The van der Waals surface area contributed by atoms with Crippen LogP contribution in [-0.4, -0.2) is 57.1 Å². The number of hydrogen-bond donors (Lipinski definition) is 2. The number of fused-ring (bicyclic) bond motifs is 1. The third kappa shape index (κ3) is 5.52. The number of aromatic nitrogens is 2. The van der Waals surface area contributed by atoms with Gasteiger partial charge in [-0.2, -0.15) is 18.3 Å². The second-order valence-corrected chi connectivity index (χ2v) is 9.56. The summed E-state index contributed by atoms with van der Waals surface area (Å²) in [6.07, 6.45) is -2.97. The Morgan fingerprint density at radius 2 is 1.74 bits per heavy atom. The van der Waals surface area contributed by atoms with Gasteiger partial charge in [-0.15, -0.1) is 0 Å². The van der Waals surface area contributed by atoms with Crippen LogP contribution in [0.2, 0.25) is 0 Å². The van der Waals surface area contributed by atoms with Gasteiger partial charge in [0.05, 0.1) is 30.5 Å². The van der Waals surface area contributed by atoms with Crippen LogP contribution in [0.1, 0.15) is 34.8 Å². The molecule has 9 heteroatoms. The van der Waals surface area contributed by atoms with E-state index in [9.17, 15) is 23.1 Å². The quantitative estimate of drug-likeness (QED) is 0.286. The number of rotatable bonds is 9. The molecule has 4 rings (SSSR count). The molecule has 4 aromatic rings. The number of hydrogen-bond acceptors (Lipinski definition) is 4. The fraction of sp³-hybridized carbons (Fsp3) is 0.310. The first-order valence-corrected chi connectivity index (χ1v) is 12.5.